The van der Waals surface area contributed by atoms with Crippen LogP contribution in [0.3, 0.4) is 0 Å². The highest BCUT2D eigenvalue weighted by atomic mass is 16.5. The lowest BCUT2D eigenvalue weighted by atomic mass is 9.65. The van der Waals surface area contributed by atoms with E-state index in [1.54, 1.807) is 0 Å². The molecule has 0 N–H and O–H groups in total. The van der Waals surface area contributed by atoms with Gasteiger partial charge in [-0.3, -0.25) is 0 Å². The number of aromatic nitrogens is 4. The van der Waals surface area contributed by atoms with Crippen LogP contribution in [0.15, 0.2) is 174 Å². The maximum atomic E-state index is 6.66. The highest BCUT2D eigenvalue weighted by molar-refractivity contribution is 5.94. The van der Waals surface area contributed by atoms with Crippen LogP contribution in [0.2, 0.25) is 0 Å². The number of benzene rings is 7. The Morgan fingerprint density at radius 2 is 0.962 bits per heavy atom. The summed E-state index contributed by atoms with van der Waals surface area (Å²) in [6.07, 6.45) is 0. The third-order valence-corrected chi connectivity index (χ3v) is 10.4. The van der Waals surface area contributed by atoms with Crippen molar-refractivity contribution in [1.29, 1.82) is 0 Å². The van der Waals surface area contributed by atoms with Gasteiger partial charge in [0.05, 0.1) is 5.41 Å². The Balaban J connectivity index is 1.22. The zero-order valence-electron chi connectivity index (χ0n) is 28.3. The monoisotopic (exact) mass is 680 g/mol. The number of hydrogen-bond donors (Lipinski definition) is 0. The molecule has 0 bridgehead atoms. The normalized spacial score (nSPS) is 13.2. The summed E-state index contributed by atoms with van der Waals surface area (Å²) in [7, 11) is 0. The van der Waals surface area contributed by atoms with Crippen LogP contribution in [0, 0.1) is 0 Å². The molecule has 0 saturated carbocycles. The van der Waals surface area contributed by atoms with Gasteiger partial charge in [0.2, 0.25) is 5.89 Å². The van der Waals surface area contributed by atoms with E-state index >= 15 is 0 Å². The van der Waals surface area contributed by atoms with Gasteiger partial charge in [-0.25, -0.2) is 19.9 Å². The summed E-state index contributed by atoms with van der Waals surface area (Å²) in [5.41, 5.74) is 11.0. The van der Waals surface area contributed by atoms with Crippen LogP contribution in [0.1, 0.15) is 22.3 Å². The van der Waals surface area contributed by atoms with E-state index in [0.29, 0.717) is 23.4 Å². The highest BCUT2D eigenvalue weighted by Crippen LogP contribution is 2.64. The molecule has 6 heteroatoms. The van der Waals surface area contributed by atoms with Crippen molar-refractivity contribution >= 4 is 11.1 Å². The molecule has 0 saturated heterocycles. The van der Waals surface area contributed by atoms with Gasteiger partial charge < -0.3 is 9.15 Å². The van der Waals surface area contributed by atoms with E-state index in [4.69, 9.17) is 29.1 Å². The number of oxazole rings is 1. The van der Waals surface area contributed by atoms with Gasteiger partial charge >= 0.3 is 0 Å². The molecule has 0 fully saturated rings. The first kappa shape index (κ1) is 29.5. The van der Waals surface area contributed by atoms with Gasteiger partial charge in [0.15, 0.2) is 23.1 Å². The molecule has 0 atom stereocenters. The summed E-state index contributed by atoms with van der Waals surface area (Å²) in [5.74, 6) is 4.02. The van der Waals surface area contributed by atoms with Crippen molar-refractivity contribution in [3.05, 3.63) is 192 Å². The van der Waals surface area contributed by atoms with E-state index < -0.39 is 5.41 Å². The number of ether oxygens (including phenoxy) is 1. The second-order valence-electron chi connectivity index (χ2n) is 13.4. The fourth-order valence-corrected chi connectivity index (χ4v) is 8.20. The highest BCUT2D eigenvalue weighted by Gasteiger charge is 2.52. The SMILES string of the molecule is c1ccc(-c2nc(-c3ccccc3)nc(-c3ccc4c(c3)C3(c5ccccc5Oc5ccccc53)c3c(-c5nc6ccccc6o5)cccc3-4)n2)cc1. The lowest BCUT2D eigenvalue weighted by Gasteiger charge is -2.40. The molecular weight excluding hydrogens is 653 g/mol. The van der Waals surface area contributed by atoms with Crippen molar-refractivity contribution in [2.45, 2.75) is 5.41 Å². The lowest BCUT2D eigenvalue weighted by Crippen LogP contribution is -2.32. The van der Waals surface area contributed by atoms with E-state index in [-0.39, 0.29) is 0 Å². The van der Waals surface area contributed by atoms with E-state index in [1.807, 2.05) is 97.1 Å². The first-order valence-electron chi connectivity index (χ1n) is 17.6. The van der Waals surface area contributed by atoms with Crippen LogP contribution in [0.5, 0.6) is 11.5 Å². The minimum Gasteiger partial charge on any atom is -0.457 e. The van der Waals surface area contributed by atoms with Gasteiger partial charge in [0.1, 0.15) is 17.0 Å². The molecule has 0 radical (unpaired) electrons. The molecule has 248 valence electrons. The predicted octanol–water partition coefficient (Wildman–Crippen LogP) is 11.1. The molecule has 7 aromatic carbocycles. The molecule has 0 unspecified atom stereocenters. The Bertz CT molecular complexity index is 2750. The van der Waals surface area contributed by atoms with Gasteiger partial charge in [-0.1, -0.05) is 133 Å². The molecule has 3 heterocycles. The van der Waals surface area contributed by atoms with Crippen molar-refractivity contribution in [1.82, 2.24) is 19.9 Å². The van der Waals surface area contributed by atoms with E-state index in [0.717, 1.165) is 78.2 Å². The first-order valence-corrected chi connectivity index (χ1v) is 17.6. The molecule has 1 aliphatic carbocycles. The summed E-state index contributed by atoms with van der Waals surface area (Å²) in [5, 5.41) is 0. The van der Waals surface area contributed by atoms with Crippen LogP contribution < -0.4 is 4.74 Å². The molecule has 11 rings (SSSR count). The Labute approximate surface area is 305 Å². The van der Waals surface area contributed by atoms with Gasteiger partial charge in [0, 0.05) is 33.4 Å². The van der Waals surface area contributed by atoms with Crippen LogP contribution >= 0.6 is 0 Å². The standard InChI is InChI=1S/C47H28N4O2/c1-3-14-29(15-4-1)43-49-44(30-16-5-2-6-17-30)51-45(50-43)31-26-27-32-33-18-13-19-34(46-48-38-22-9-12-25-41(38)53-46)42(33)47(37(32)28-31)35-20-7-10-23-39(35)52-40-24-11-8-21-36(40)47/h1-28H. The molecule has 1 aliphatic heterocycles. The van der Waals surface area contributed by atoms with Crippen molar-refractivity contribution < 1.29 is 9.15 Å². The third-order valence-electron chi connectivity index (χ3n) is 10.4. The smallest absolute Gasteiger partial charge is 0.227 e. The Morgan fingerprint density at radius 3 is 1.62 bits per heavy atom. The lowest BCUT2D eigenvalue weighted by molar-refractivity contribution is 0.436. The minimum absolute atomic E-state index is 0.578. The fraction of sp³-hybridized carbons (Fsp3) is 0.0213. The first-order chi connectivity index (χ1) is 26.3. The van der Waals surface area contributed by atoms with Crippen LogP contribution in [-0.2, 0) is 5.41 Å². The van der Waals surface area contributed by atoms with Crippen LogP contribution in [-0.4, -0.2) is 19.9 Å². The molecule has 1 spiro atoms. The molecule has 6 nitrogen and oxygen atoms in total. The molecule has 53 heavy (non-hydrogen) atoms. The van der Waals surface area contributed by atoms with Gasteiger partial charge in [-0.2, -0.15) is 0 Å². The molecule has 2 aliphatic rings. The Kier molecular flexibility index (Phi) is 6.36. The Morgan fingerprint density at radius 1 is 0.396 bits per heavy atom. The van der Waals surface area contributed by atoms with Crippen LogP contribution in [0.4, 0.5) is 0 Å². The predicted molar refractivity (Wildman–Crippen MR) is 207 cm³/mol. The number of fused-ring (bicyclic) bond motifs is 10. The van der Waals surface area contributed by atoms with Crippen molar-refractivity contribution in [2.75, 3.05) is 0 Å². The number of para-hydroxylation sites is 4. The summed E-state index contributed by atoms with van der Waals surface area (Å²) in [6.45, 7) is 0. The van der Waals surface area contributed by atoms with Crippen molar-refractivity contribution in [2.24, 2.45) is 0 Å². The number of hydrogen-bond acceptors (Lipinski definition) is 6. The summed E-state index contributed by atoms with van der Waals surface area (Å²) >= 11 is 0. The van der Waals surface area contributed by atoms with E-state index in [2.05, 4.69) is 72.8 Å². The maximum absolute atomic E-state index is 6.66. The van der Waals surface area contributed by atoms with Crippen molar-refractivity contribution in [3.8, 4) is 68.2 Å². The number of rotatable bonds is 4. The Hall–Kier alpha value is -7.18. The van der Waals surface area contributed by atoms with Gasteiger partial charge in [0.25, 0.3) is 0 Å². The minimum atomic E-state index is -0.777. The average Bonchev–Trinajstić information content (AvgIpc) is 3.79. The number of nitrogens with zero attached hydrogens (tertiary/aromatic N) is 4. The van der Waals surface area contributed by atoms with E-state index in [9.17, 15) is 0 Å². The zero-order chi connectivity index (χ0) is 34.9. The molecular formula is C47H28N4O2. The van der Waals surface area contributed by atoms with Crippen molar-refractivity contribution in [3.63, 3.8) is 0 Å². The second kappa shape index (κ2) is 11.4. The van der Waals surface area contributed by atoms with Crippen LogP contribution in [0.25, 0.3) is 67.8 Å². The summed E-state index contributed by atoms with van der Waals surface area (Å²) < 4.78 is 13.2. The summed E-state index contributed by atoms with van der Waals surface area (Å²) in [4.78, 5) is 20.2. The quantitative estimate of drug-likeness (QED) is 0.184. The third kappa shape index (κ3) is 4.39. The second-order valence-corrected chi connectivity index (χ2v) is 13.4. The van der Waals surface area contributed by atoms with E-state index in [1.165, 1.54) is 0 Å². The van der Waals surface area contributed by atoms with Gasteiger partial charge in [-0.15, -0.1) is 0 Å². The molecule has 0 amide bonds. The molecule has 2 aromatic heterocycles. The fourth-order valence-electron chi connectivity index (χ4n) is 8.20. The largest absolute Gasteiger partial charge is 0.457 e. The van der Waals surface area contributed by atoms with Gasteiger partial charge in [-0.05, 0) is 58.7 Å². The topological polar surface area (TPSA) is 73.9 Å². The zero-order valence-corrected chi connectivity index (χ0v) is 28.3. The maximum Gasteiger partial charge on any atom is 0.227 e. The summed E-state index contributed by atoms with van der Waals surface area (Å²) in [6, 6.07) is 57.8. The average molecular weight is 681 g/mol. The molecule has 9 aromatic rings.